The zero-order valence-electron chi connectivity index (χ0n) is 12.4. The summed E-state index contributed by atoms with van der Waals surface area (Å²) in [6, 6.07) is 8.83. The summed E-state index contributed by atoms with van der Waals surface area (Å²) in [5.74, 6) is 0. The topological polar surface area (TPSA) is 12.0 Å². The van der Waals surface area contributed by atoms with E-state index in [1.54, 1.807) is 0 Å². The molecule has 0 aromatic heterocycles. The fraction of sp³-hybridized carbons (Fsp3) is 0.647. The van der Waals surface area contributed by atoms with Crippen molar-refractivity contribution in [2.45, 2.75) is 64.8 Å². The molecule has 1 nitrogen and oxygen atoms in total. The molecule has 1 N–H and O–H groups in total. The van der Waals surface area contributed by atoms with Gasteiger partial charge in [0.2, 0.25) is 0 Å². The van der Waals surface area contributed by atoms with E-state index >= 15 is 0 Å². The van der Waals surface area contributed by atoms with E-state index in [1.165, 1.54) is 44.1 Å². The maximum Gasteiger partial charge on any atom is 0.0408 e. The van der Waals surface area contributed by atoms with Gasteiger partial charge in [0.15, 0.2) is 0 Å². The third kappa shape index (κ3) is 7.59. The summed E-state index contributed by atoms with van der Waals surface area (Å²) in [7, 11) is 0. The van der Waals surface area contributed by atoms with Crippen LogP contribution < -0.4 is 5.32 Å². The van der Waals surface area contributed by atoms with Crippen LogP contribution in [0.3, 0.4) is 0 Å². The Morgan fingerprint density at radius 2 is 1.89 bits per heavy atom. The maximum atomic E-state index is 6.05. The van der Waals surface area contributed by atoms with Gasteiger partial charge in [0, 0.05) is 11.1 Å². The summed E-state index contributed by atoms with van der Waals surface area (Å²) in [6.45, 7) is 5.49. The Morgan fingerprint density at radius 3 is 2.58 bits per heavy atom. The summed E-state index contributed by atoms with van der Waals surface area (Å²) in [5, 5.41) is 4.44. The van der Waals surface area contributed by atoms with Gasteiger partial charge < -0.3 is 5.32 Å². The summed E-state index contributed by atoms with van der Waals surface area (Å²) in [6.07, 6.45) is 9.13. The first-order valence-corrected chi connectivity index (χ1v) is 8.11. The number of nitrogens with one attached hydrogen (secondary N) is 1. The van der Waals surface area contributed by atoms with E-state index in [0.29, 0.717) is 6.04 Å². The molecule has 0 saturated carbocycles. The van der Waals surface area contributed by atoms with Gasteiger partial charge in [-0.3, -0.25) is 0 Å². The van der Waals surface area contributed by atoms with Crippen molar-refractivity contribution in [2.24, 2.45) is 0 Å². The Bertz CT molecular complexity index is 338. The predicted octanol–water partition coefficient (Wildman–Crippen LogP) is 5.22. The fourth-order valence-electron chi connectivity index (χ4n) is 2.51. The van der Waals surface area contributed by atoms with E-state index in [2.05, 4.69) is 31.3 Å². The van der Waals surface area contributed by atoms with Crippen LogP contribution in [0.15, 0.2) is 24.3 Å². The van der Waals surface area contributed by atoms with Crippen molar-refractivity contribution >= 4 is 11.6 Å². The smallest absolute Gasteiger partial charge is 0.0408 e. The zero-order valence-corrected chi connectivity index (χ0v) is 13.2. The van der Waals surface area contributed by atoms with Crippen LogP contribution in [0.25, 0.3) is 0 Å². The normalized spacial score (nSPS) is 12.6. The number of rotatable bonds is 10. The number of hydrogen-bond donors (Lipinski definition) is 1. The Balaban J connectivity index is 2.35. The fourth-order valence-corrected chi connectivity index (χ4v) is 2.72. The van der Waals surface area contributed by atoms with Crippen molar-refractivity contribution in [3.63, 3.8) is 0 Å². The van der Waals surface area contributed by atoms with Gasteiger partial charge in [-0.25, -0.2) is 0 Å². The van der Waals surface area contributed by atoms with Crippen molar-refractivity contribution < 1.29 is 0 Å². The first kappa shape index (κ1) is 16.5. The van der Waals surface area contributed by atoms with Crippen molar-refractivity contribution in [1.82, 2.24) is 5.32 Å². The van der Waals surface area contributed by atoms with Crippen molar-refractivity contribution in [3.05, 3.63) is 34.9 Å². The number of benzene rings is 1. The van der Waals surface area contributed by atoms with E-state index in [9.17, 15) is 0 Å². The van der Waals surface area contributed by atoms with Gasteiger partial charge >= 0.3 is 0 Å². The molecule has 1 aromatic carbocycles. The van der Waals surface area contributed by atoms with Crippen LogP contribution in [0.2, 0.25) is 5.02 Å². The van der Waals surface area contributed by atoms with Crippen LogP contribution in [0.5, 0.6) is 0 Å². The van der Waals surface area contributed by atoms with Gasteiger partial charge in [-0.15, -0.1) is 0 Å². The minimum Gasteiger partial charge on any atom is -0.314 e. The highest BCUT2D eigenvalue weighted by Gasteiger charge is 2.08. The number of unbranched alkanes of at least 4 members (excludes halogenated alkanes) is 4. The standard InChI is InChI=1S/C17H28ClN/c1-3-5-6-7-8-12-17(19-4-2)14-15-10-9-11-16(18)13-15/h9-11,13,17,19H,3-8,12,14H2,1-2H3. The summed E-state index contributed by atoms with van der Waals surface area (Å²) >= 11 is 6.05. The van der Waals surface area contributed by atoms with E-state index in [0.717, 1.165) is 18.0 Å². The summed E-state index contributed by atoms with van der Waals surface area (Å²) in [5.41, 5.74) is 1.34. The minimum absolute atomic E-state index is 0.588. The Labute approximate surface area is 123 Å². The molecule has 0 bridgehead atoms. The molecular weight excluding hydrogens is 254 g/mol. The molecule has 0 radical (unpaired) electrons. The Kier molecular flexibility index (Phi) is 8.94. The third-order valence-corrected chi connectivity index (χ3v) is 3.76. The molecule has 19 heavy (non-hydrogen) atoms. The Morgan fingerprint density at radius 1 is 1.11 bits per heavy atom. The van der Waals surface area contributed by atoms with E-state index < -0.39 is 0 Å². The average Bonchev–Trinajstić information content (AvgIpc) is 2.38. The highest BCUT2D eigenvalue weighted by atomic mass is 35.5. The molecule has 0 saturated heterocycles. The van der Waals surface area contributed by atoms with Gasteiger partial charge in [-0.1, -0.05) is 69.7 Å². The van der Waals surface area contributed by atoms with Gasteiger partial charge in [0.05, 0.1) is 0 Å². The van der Waals surface area contributed by atoms with Crippen molar-refractivity contribution in [1.29, 1.82) is 0 Å². The molecular formula is C17H28ClN. The van der Waals surface area contributed by atoms with Gasteiger partial charge in [0.1, 0.15) is 0 Å². The lowest BCUT2D eigenvalue weighted by Crippen LogP contribution is -2.30. The van der Waals surface area contributed by atoms with Crippen molar-refractivity contribution in [2.75, 3.05) is 6.54 Å². The summed E-state index contributed by atoms with van der Waals surface area (Å²) < 4.78 is 0. The predicted molar refractivity (Wildman–Crippen MR) is 86.0 cm³/mol. The number of likely N-dealkylation sites (N-methyl/N-ethyl adjacent to an activating group) is 1. The molecule has 0 aliphatic heterocycles. The van der Waals surface area contributed by atoms with Gasteiger partial charge in [-0.05, 0) is 37.1 Å². The molecule has 2 heteroatoms. The van der Waals surface area contributed by atoms with E-state index in [1.807, 2.05) is 12.1 Å². The average molecular weight is 282 g/mol. The Hall–Kier alpha value is -0.530. The maximum absolute atomic E-state index is 6.05. The summed E-state index contributed by atoms with van der Waals surface area (Å²) in [4.78, 5) is 0. The van der Waals surface area contributed by atoms with Crippen LogP contribution >= 0.6 is 11.6 Å². The largest absolute Gasteiger partial charge is 0.314 e. The molecule has 1 unspecified atom stereocenters. The van der Waals surface area contributed by atoms with Crippen molar-refractivity contribution in [3.8, 4) is 0 Å². The van der Waals surface area contributed by atoms with Crippen LogP contribution in [0.4, 0.5) is 0 Å². The van der Waals surface area contributed by atoms with E-state index in [-0.39, 0.29) is 0 Å². The molecule has 1 rings (SSSR count). The lowest BCUT2D eigenvalue weighted by Gasteiger charge is -2.18. The lowest BCUT2D eigenvalue weighted by molar-refractivity contribution is 0.461. The second-order valence-corrected chi connectivity index (χ2v) is 5.73. The minimum atomic E-state index is 0.588. The van der Waals surface area contributed by atoms with E-state index in [4.69, 9.17) is 11.6 Å². The molecule has 0 heterocycles. The highest BCUT2D eigenvalue weighted by Crippen LogP contribution is 2.15. The van der Waals surface area contributed by atoms with Crippen LogP contribution in [0.1, 0.15) is 57.9 Å². The first-order valence-electron chi connectivity index (χ1n) is 7.74. The number of hydrogen-bond acceptors (Lipinski definition) is 1. The molecule has 1 atom stereocenters. The van der Waals surface area contributed by atoms with Crippen LogP contribution in [0, 0.1) is 0 Å². The quantitative estimate of drug-likeness (QED) is 0.580. The molecule has 1 aromatic rings. The van der Waals surface area contributed by atoms with Crippen LogP contribution in [-0.4, -0.2) is 12.6 Å². The number of halogens is 1. The monoisotopic (exact) mass is 281 g/mol. The molecule has 0 fully saturated rings. The molecule has 0 aliphatic rings. The highest BCUT2D eigenvalue weighted by molar-refractivity contribution is 6.30. The molecule has 0 aliphatic carbocycles. The second kappa shape index (κ2) is 10.3. The zero-order chi connectivity index (χ0) is 13.9. The third-order valence-electron chi connectivity index (χ3n) is 3.52. The SMILES string of the molecule is CCCCCCCC(Cc1cccc(Cl)c1)NCC. The first-order chi connectivity index (χ1) is 9.26. The van der Waals surface area contributed by atoms with Gasteiger partial charge in [0.25, 0.3) is 0 Å². The molecule has 0 amide bonds. The van der Waals surface area contributed by atoms with Gasteiger partial charge in [-0.2, -0.15) is 0 Å². The molecule has 0 spiro atoms. The molecule has 108 valence electrons. The van der Waals surface area contributed by atoms with Crippen LogP contribution in [-0.2, 0) is 6.42 Å². The lowest BCUT2D eigenvalue weighted by atomic mass is 10.00. The second-order valence-electron chi connectivity index (χ2n) is 5.29.